The fraction of sp³-hybridized carbons (Fsp3) is 0.700. The van der Waals surface area contributed by atoms with Gasteiger partial charge in [0, 0.05) is 13.6 Å². The highest BCUT2D eigenvalue weighted by Gasteiger charge is 2.14. The molecule has 0 saturated heterocycles. The third-order valence-electron chi connectivity index (χ3n) is 2.15. The van der Waals surface area contributed by atoms with Gasteiger partial charge in [0.15, 0.2) is 0 Å². The molecule has 90 valence electrons. The van der Waals surface area contributed by atoms with E-state index in [1.807, 2.05) is 4.90 Å². The lowest BCUT2D eigenvalue weighted by Crippen LogP contribution is -2.33. The molecule has 6 nitrogen and oxygen atoms in total. The molecule has 0 amide bonds. The van der Waals surface area contributed by atoms with E-state index in [0.29, 0.717) is 12.5 Å². The lowest BCUT2D eigenvalue weighted by Gasteiger charge is -2.21. The predicted molar refractivity (Wildman–Crippen MR) is 58.8 cm³/mol. The summed E-state index contributed by atoms with van der Waals surface area (Å²) in [4.78, 5) is 16.7. The molecule has 0 aliphatic rings. The van der Waals surface area contributed by atoms with Crippen LogP contribution in [0.4, 0.5) is 0 Å². The van der Waals surface area contributed by atoms with Gasteiger partial charge in [-0.3, -0.25) is 14.4 Å². The maximum Gasteiger partial charge on any atom is 0.317 e. The Morgan fingerprint density at radius 3 is 2.75 bits per heavy atom. The summed E-state index contributed by atoms with van der Waals surface area (Å²) in [5.41, 5.74) is 0. The standard InChI is InChI=1S/C10H18N4O2/c1-8(2)4-14(6-10(15)16)5-9-11-7-12-13(9)3/h7-8H,4-6H2,1-3H3,(H,15,16). The summed E-state index contributed by atoms with van der Waals surface area (Å²) in [6, 6.07) is 0. The fourth-order valence-electron chi connectivity index (χ4n) is 1.56. The molecule has 1 N–H and O–H groups in total. The van der Waals surface area contributed by atoms with Crippen molar-refractivity contribution < 1.29 is 9.90 Å². The van der Waals surface area contributed by atoms with E-state index in [9.17, 15) is 4.79 Å². The van der Waals surface area contributed by atoms with E-state index in [4.69, 9.17) is 5.11 Å². The second kappa shape index (κ2) is 5.60. The number of aliphatic carboxylic acids is 1. The first-order valence-electron chi connectivity index (χ1n) is 5.26. The molecule has 0 bridgehead atoms. The Kier molecular flexibility index (Phi) is 4.42. The molecule has 16 heavy (non-hydrogen) atoms. The lowest BCUT2D eigenvalue weighted by atomic mass is 10.2. The van der Waals surface area contributed by atoms with Crippen LogP contribution in [0.3, 0.4) is 0 Å². The van der Waals surface area contributed by atoms with Crippen LogP contribution in [-0.2, 0) is 18.4 Å². The van der Waals surface area contributed by atoms with Gasteiger partial charge >= 0.3 is 5.97 Å². The number of hydrogen-bond acceptors (Lipinski definition) is 4. The zero-order chi connectivity index (χ0) is 12.1. The number of carbonyl (C=O) groups is 1. The third-order valence-corrected chi connectivity index (χ3v) is 2.15. The molecule has 0 aromatic carbocycles. The van der Waals surface area contributed by atoms with Gasteiger partial charge in [-0.1, -0.05) is 13.8 Å². The zero-order valence-electron chi connectivity index (χ0n) is 9.92. The molecule has 1 aromatic heterocycles. The van der Waals surface area contributed by atoms with Crippen LogP contribution in [0.2, 0.25) is 0 Å². The second-order valence-electron chi connectivity index (χ2n) is 4.26. The molecule has 1 rings (SSSR count). The van der Waals surface area contributed by atoms with Crippen LogP contribution >= 0.6 is 0 Å². The topological polar surface area (TPSA) is 71.2 Å². The number of carboxylic acid groups (broad SMARTS) is 1. The van der Waals surface area contributed by atoms with Crippen molar-refractivity contribution >= 4 is 5.97 Å². The van der Waals surface area contributed by atoms with E-state index < -0.39 is 5.97 Å². The van der Waals surface area contributed by atoms with Crippen molar-refractivity contribution in [2.75, 3.05) is 13.1 Å². The zero-order valence-corrected chi connectivity index (χ0v) is 9.92. The summed E-state index contributed by atoms with van der Waals surface area (Å²) in [5, 5.41) is 12.8. The molecule has 0 unspecified atom stereocenters. The molecule has 0 radical (unpaired) electrons. The van der Waals surface area contributed by atoms with E-state index >= 15 is 0 Å². The highest BCUT2D eigenvalue weighted by Crippen LogP contribution is 2.04. The molecule has 1 aromatic rings. The SMILES string of the molecule is CC(C)CN(CC(=O)O)Cc1ncnn1C. The lowest BCUT2D eigenvalue weighted by molar-refractivity contribution is -0.138. The molecule has 0 spiro atoms. The van der Waals surface area contributed by atoms with Crippen LogP contribution in [0.5, 0.6) is 0 Å². The number of hydrogen-bond donors (Lipinski definition) is 1. The molecular weight excluding hydrogens is 208 g/mol. The minimum absolute atomic E-state index is 0.0328. The monoisotopic (exact) mass is 226 g/mol. The first-order chi connectivity index (χ1) is 7.49. The highest BCUT2D eigenvalue weighted by molar-refractivity contribution is 5.69. The predicted octanol–water partition coefficient (Wildman–Crippen LogP) is 0.358. The van der Waals surface area contributed by atoms with E-state index in [0.717, 1.165) is 12.4 Å². The van der Waals surface area contributed by atoms with Crippen molar-refractivity contribution in [3.05, 3.63) is 12.2 Å². The van der Waals surface area contributed by atoms with Crippen LogP contribution in [0.15, 0.2) is 6.33 Å². The average molecular weight is 226 g/mol. The summed E-state index contributed by atoms with van der Waals surface area (Å²) in [6.07, 6.45) is 1.48. The van der Waals surface area contributed by atoms with E-state index in [1.54, 1.807) is 11.7 Å². The largest absolute Gasteiger partial charge is 0.480 e. The Morgan fingerprint density at radius 1 is 1.62 bits per heavy atom. The summed E-state index contributed by atoms with van der Waals surface area (Å²) in [7, 11) is 1.80. The average Bonchev–Trinajstić information content (AvgIpc) is 2.49. The Hall–Kier alpha value is -1.43. The van der Waals surface area contributed by atoms with Crippen LogP contribution in [0.1, 0.15) is 19.7 Å². The van der Waals surface area contributed by atoms with Crippen LogP contribution in [-0.4, -0.2) is 43.8 Å². The van der Waals surface area contributed by atoms with Gasteiger partial charge in [-0.2, -0.15) is 5.10 Å². The Morgan fingerprint density at radius 2 is 2.31 bits per heavy atom. The van der Waals surface area contributed by atoms with Crippen molar-refractivity contribution in [2.45, 2.75) is 20.4 Å². The number of aryl methyl sites for hydroxylation is 1. The van der Waals surface area contributed by atoms with Crippen molar-refractivity contribution in [1.29, 1.82) is 0 Å². The van der Waals surface area contributed by atoms with Crippen molar-refractivity contribution in [2.24, 2.45) is 13.0 Å². The maximum absolute atomic E-state index is 10.7. The quantitative estimate of drug-likeness (QED) is 0.758. The van der Waals surface area contributed by atoms with Crippen LogP contribution in [0, 0.1) is 5.92 Å². The number of nitrogens with zero attached hydrogens (tertiary/aromatic N) is 4. The smallest absolute Gasteiger partial charge is 0.317 e. The molecule has 0 aliphatic carbocycles. The van der Waals surface area contributed by atoms with Gasteiger partial charge in [0.2, 0.25) is 0 Å². The van der Waals surface area contributed by atoms with E-state index in [2.05, 4.69) is 23.9 Å². The van der Waals surface area contributed by atoms with Gasteiger partial charge < -0.3 is 5.11 Å². The number of rotatable bonds is 6. The van der Waals surface area contributed by atoms with Crippen LogP contribution < -0.4 is 0 Å². The minimum atomic E-state index is -0.817. The molecule has 1 heterocycles. The van der Waals surface area contributed by atoms with Crippen molar-refractivity contribution in [3.8, 4) is 0 Å². The highest BCUT2D eigenvalue weighted by atomic mass is 16.4. The Bertz CT molecular complexity index is 348. The van der Waals surface area contributed by atoms with Gasteiger partial charge in [0.1, 0.15) is 12.2 Å². The van der Waals surface area contributed by atoms with Gasteiger partial charge in [0.25, 0.3) is 0 Å². The summed E-state index contributed by atoms with van der Waals surface area (Å²) < 4.78 is 1.66. The van der Waals surface area contributed by atoms with Gasteiger partial charge in [-0.25, -0.2) is 4.98 Å². The van der Waals surface area contributed by atoms with E-state index in [-0.39, 0.29) is 6.54 Å². The van der Waals surface area contributed by atoms with Crippen molar-refractivity contribution in [1.82, 2.24) is 19.7 Å². The fourth-order valence-corrected chi connectivity index (χ4v) is 1.56. The van der Waals surface area contributed by atoms with Gasteiger partial charge in [0.05, 0.1) is 13.1 Å². The maximum atomic E-state index is 10.7. The molecule has 0 atom stereocenters. The van der Waals surface area contributed by atoms with Gasteiger partial charge in [-0.05, 0) is 5.92 Å². The van der Waals surface area contributed by atoms with Crippen LogP contribution in [0.25, 0.3) is 0 Å². The molecule has 6 heteroatoms. The van der Waals surface area contributed by atoms with E-state index in [1.165, 1.54) is 6.33 Å². The number of carboxylic acids is 1. The first-order valence-corrected chi connectivity index (χ1v) is 5.26. The number of aromatic nitrogens is 3. The van der Waals surface area contributed by atoms with Crippen molar-refractivity contribution in [3.63, 3.8) is 0 Å². The minimum Gasteiger partial charge on any atom is -0.480 e. The molecule has 0 saturated carbocycles. The Balaban J connectivity index is 2.62. The first kappa shape index (κ1) is 12.6. The molecular formula is C10H18N4O2. The third kappa shape index (κ3) is 3.98. The summed E-state index contributed by atoms with van der Waals surface area (Å²) >= 11 is 0. The summed E-state index contributed by atoms with van der Waals surface area (Å²) in [5.74, 6) is 0.386. The normalized spacial score (nSPS) is 11.3. The second-order valence-corrected chi connectivity index (χ2v) is 4.26. The van der Waals surface area contributed by atoms with Gasteiger partial charge in [-0.15, -0.1) is 0 Å². The molecule has 0 fully saturated rings. The summed E-state index contributed by atoms with van der Waals surface area (Å²) in [6.45, 7) is 5.40. The molecule has 0 aliphatic heterocycles. The Labute approximate surface area is 94.9 Å².